The number of benzene rings is 2. The molecule has 0 spiro atoms. The molecule has 27 heavy (non-hydrogen) atoms. The molecule has 0 aliphatic rings. The third-order valence-corrected chi connectivity index (χ3v) is 4.14. The largest absolute Gasteiger partial charge is 0.365 e. The van der Waals surface area contributed by atoms with Crippen molar-refractivity contribution in [3.8, 4) is 0 Å². The molecular formula is C20H18ClFN4O. The molecule has 0 saturated heterocycles. The highest BCUT2D eigenvalue weighted by Crippen LogP contribution is 2.11. The lowest BCUT2D eigenvalue weighted by Gasteiger charge is -2.07. The van der Waals surface area contributed by atoms with Crippen molar-refractivity contribution < 1.29 is 9.18 Å². The van der Waals surface area contributed by atoms with Gasteiger partial charge >= 0.3 is 0 Å². The van der Waals surface area contributed by atoms with E-state index in [2.05, 4.69) is 20.6 Å². The lowest BCUT2D eigenvalue weighted by atomic mass is 10.1. The summed E-state index contributed by atoms with van der Waals surface area (Å²) in [5.74, 6) is 0.00416. The molecule has 1 amide bonds. The Morgan fingerprint density at radius 2 is 1.67 bits per heavy atom. The number of hydrogen-bond donors (Lipinski definition) is 2. The number of nitrogens with zero attached hydrogens (tertiary/aromatic N) is 2. The van der Waals surface area contributed by atoms with Gasteiger partial charge < -0.3 is 10.6 Å². The van der Waals surface area contributed by atoms with Crippen molar-refractivity contribution in [3.63, 3.8) is 0 Å². The molecule has 1 heterocycles. The summed E-state index contributed by atoms with van der Waals surface area (Å²) in [7, 11) is 0. The summed E-state index contributed by atoms with van der Waals surface area (Å²) in [6.45, 7) is 1.01. The second-order valence-corrected chi connectivity index (χ2v) is 6.34. The molecule has 0 saturated carbocycles. The van der Waals surface area contributed by atoms with Crippen LogP contribution in [0.2, 0.25) is 5.02 Å². The van der Waals surface area contributed by atoms with E-state index in [-0.39, 0.29) is 17.4 Å². The van der Waals surface area contributed by atoms with E-state index in [1.165, 1.54) is 24.5 Å². The molecule has 0 aliphatic heterocycles. The van der Waals surface area contributed by atoms with Crippen molar-refractivity contribution in [2.75, 3.05) is 11.9 Å². The lowest BCUT2D eigenvalue weighted by Crippen LogP contribution is -2.26. The van der Waals surface area contributed by atoms with Crippen LogP contribution in [0.3, 0.4) is 0 Å². The lowest BCUT2D eigenvalue weighted by molar-refractivity contribution is 0.0949. The maximum Gasteiger partial charge on any atom is 0.271 e. The smallest absolute Gasteiger partial charge is 0.271 e. The van der Waals surface area contributed by atoms with E-state index in [0.717, 1.165) is 11.1 Å². The third kappa shape index (κ3) is 5.76. The van der Waals surface area contributed by atoms with E-state index >= 15 is 0 Å². The van der Waals surface area contributed by atoms with Gasteiger partial charge in [-0.05, 0) is 41.8 Å². The van der Waals surface area contributed by atoms with Gasteiger partial charge in [0.2, 0.25) is 0 Å². The van der Waals surface area contributed by atoms with Gasteiger partial charge in [-0.15, -0.1) is 0 Å². The van der Waals surface area contributed by atoms with Crippen LogP contribution in [0.5, 0.6) is 0 Å². The number of hydrogen-bond acceptors (Lipinski definition) is 4. The SMILES string of the molecule is O=C(NCCc1ccc(F)cc1)c1cnc(NCc2ccc(Cl)cc2)cn1. The van der Waals surface area contributed by atoms with Gasteiger partial charge in [-0.2, -0.15) is 0 Å². The van der Waals surface area contributed by atoms with E-state index in [1.807, 2.05) is 24.3 Å². The molecule has 7 heteroatoms. The minimum Gasteiger partial charge on any atom is -0.365 e. The number of aromatic nitrogens is 2. The minimum atomic E-state index is -0.297. The number of halogens is 2. The molecule has 2 aromatic carbocycles. The highest BCUT2D eigenvalue weighted by Gasteiger charge is 2.07. The van der Waals surface area contributed by atoms with Gasteiger partial charge in [0.15, 0.2) is 0 Å². The first kappa shape index (κ1) is 18.8. The van der Waals surface area contributed by atoms with Crippen LogP contribution in [0.25, 0.3) is 0 Å². The summed E-state index contributed by atoms with van der Waals surface area (Å²) in [4.78, 5) is 20.4. The Labute approximate surface area is 161 Å². The summed E-state index contributed by atoms with van der Waals surface area (Å²) in [5, 5.41) is 6.60. The highest BCUT2D eigenvalue weighted by atomic mass is 35.5. The average molecular weight is 385 g/mol. The molecular weight excluding hydrogens is 367 g/mol. The Morgan fingerprint density at radius 3 is 2.33 bits per heavy atom. The van der Waals surface area contributed by atoms with Gasteiger partial charge in [-0.1, -0.05) is 35.9 Å². The summed E-state index contributed by atoms with van der Waals surface area (Å²) < 4.78 is 12.9. The van der Waals surface area contributed by atoms with Crippen LogP contribution in [0.1, 0.15) is 21.6 Å². The molecule has 0 unspecified atom stereocenters. The van der Waals surface area contributed by atoms with Crippen molar-refractivity contribution in [2.24, 2.45) is 0 Å². The normalized spacial score (nSPS) is 10.4. The number of carbonyl (C=O) groups is 1. The van der Waals surface area contributed by atoms with Gasteiger partial charge in [0.25, 0.3) is 5.91 Å². The van der Waals surface area contributed by atoms with Crippen LogP contribution < -0.4 is 10.6 Å². The van der Waals surface area contributed by atoms with Crippen LogP contribution in [-0.4, -0.2) is 22.4 Å². The first-order chi connectivity index (χ1) is 13.1. The number of rotatable bonds is 7. The molecule has 2 N–H and O–H groups in total. The maximum atomic E-state index is 12.9. The Bertz CT molecular complexity index is 883. The predicted molar refractivity (Wildman–Crippen MR) is 103 cm³/mol. The predicted octanol–water partition coefficient (Wildman–Crippen LogP) is 3.85. The van der Waals surface area contributed by atoms with Crippen molar-refractivity contribution in [1.29, 1.82) is 0 Å². The molecule has 0 bridgehead atoms. The van der Waals surface area contributed by atoms with Gasteiger partial charge in [-0.3, -0.25) is 4.79 Å². The minimum absolute atomic E-state index is 0.242. The summed E-state index contributed by atoms with van der Waals surface area (Å²) >= 11 is 5.86. The van der Waals surface area contributed by atoms with Crippen LogP contribution in [0.15, 0.2) is 60.9 Å². The van der Waals surface area contributed by atoms with Gasteiger partial charge in [0.05, 0.1) is 12.4 Å². The first-order valence-electron chi connectivity index (χ1n) is 8.43. The molecule has 0 atom stereocenters. The van der Waals surface area contributed by atoms with Crippen molar-refractivity contribution in [2.45, 2.75) is 13.0 Å². The zero-order chi connectivity index (χ0) is 19.1. The molecule has 5 nitrogen and oxygen atoms in total. The first-order valence-corrected chi connectivity index (χ1v) is 8.81. The molecule has 0 aliphatic carbocycles. The second-order valence-electron chi connectivity index (χ2n) is 5.90. The Balaban J connectivity index is 1.46. The fraction of sp³-hybridized carbons (Fsp3) is 0.150. The summed E-state index contributed by atoms with van der Waals surface area (Å²) in [6, 6.07) is 13.7. The fourth-order valence-corrected chi connectivity index (χ4v) is 2.52. The van der Waals surface area contributed by atoms with Crippen LogP contribution in [0, 0.1) is 5.82 Å². The standard InChI is InChI=1S/C20H18ClFN4O/c21-16-5-1-15(2-6-16)11-25-19-13-24-18(12-26-19)20(27)23-10-9-14-3-7-17(22)8-4-14/h1-8,12-13H,9-11H2,(H,23,27)(H,25,26). The topological polar surface area (TPSA) is 66.9 Å². The maximum absolute atomic E-state index is 12.9. The van der Waals surface area contributed by atoms with Crippen molar-refractivity contribution in [1.82, 2.24) is 15.3 Å². The Kier molecular flexibility index (Phi) is 6.33. The number of carbonyl (C=O) groups excluding carboxylic acids is 1. The second kappa shape index (κ2) is 9.09. The molecule has 0 fully saturated rings. The van der Waals surface area contributed by atoms with E-state index in [4.69, 9.17) is 11.6 Å². The number of anilines is 1. The Hall–Kier alpha value is -2.99. The van der Waals surface area contributed by atoms with Crippen molar-refractivity contribution >= 4 is 23.3 Å². The number of nitrogens with one attached hydrogen (secondary N) is 2. The fourth-order valence-electron chi connectivity index (χ4n) is 2.39. The third-order valence-electron chi connectivity index (χ3n) is 3.88. The summed E-state index contributed by atoms with van der Waals surface area (Å²) in [5.41, 5.74) is 2.25. The van der Waals surface area contributed by atoms with E-state index in [9.17, 15) is 9.18 Å². The van der Waals surface area contributed by atoms with E-state index in [1.54, 1.807) is 12.1 Å². The monoisotopic (exact) mass is 384 g/mol. The molecule has 1 aromatic heterocycles. The highest BCUT2D eigenvalue weighted by molar-refractivity contribution is 6.30. The average Bonchev–Trinajstić information content (AvgIpc) is 2.69. The number of amides is 1. The molecule has 0 radical (unpaired) electrons. The van der Waals surface area contributed by atoms with Gasteiger partial charge in [0.1, 0.15) is 17.3 Å². The van der Waals surface area contributed by atoms with Crippen molar-refractivity contribution in [3.05, 3.63) is 88.6 Å². The van der Waals surface area contributed by atoms with Gasteiger partial charge in [0, 0.05) is 18.1 Å². The van der Waals surface area contributed by atoms with Crippen LogP contribution >= 0.6 is 11.6 Å². The zero-order valence-electron chi connectivity index (χ0n) is 14.5. The van der Waals surface area contributed by atoms with Crippen LogP contribution in [-0.2, 0) is 13.0 Å². The van der Waals surface area contributed by atoms with E-state index in [0.29, 0.717) is 30.4 Å². The van der Waals surface area contributed by atoms with Crippen LogP contribution in [0.4, 0.5) is 10.2 Å². The summed E-state index contributed by atoms with van der Waals surface area (Å²) in [6.07, 6.45) is 3.56. The molecule has 3 aromatic rings. The Morgan fingerprint density at radius 1 is 0.963 bits per heavy atom. The zero-order valence-corrected chi connectivity index (χ0v) is 15.2. The molecule has 138 valence electrons. The van der Waals surface area contributed by atoms with Gasteiger partial charge in [-0.25, -0.2) is 14.4 Å². The van der Waals surface area contributed by atoms with E-state index < -0.39 is 0 Å². The molecule has 3 rings (SSSR count). The quantitative estimate of drug-likeness (QED) is 0.649.